The number of fused-ring (bicyclic) bond motifs is 4. The van der Waals surface area contributed by atoms with Crippen LogP contribution in [-0.2, 0) is 0 Å². The van der Waals surface area contributed by atoms with Crippen molar-refractivity contribution in [3.05, 3.63) is 73.1 Å². The third-order valence-electron chi connectivity index (χ3n) is 4.18. The SMILES string of the molecule is c1ccc2cc(-c3ncnc4c3sc3ccccc34)ccc2c1. The highest BCUT2D eigenvalue weighted by molar-refractivity contribution is 7.26. The predicted octanol–water partition coefficient (Wildman–Crippen LogP) is 5.66. The van der Waals surface area contributed by atoms with E-state index in [1.54, 1.807) is 17.7 Å². The number of benzene rings is 3. The Morgan fingerprint density at radius 1 is 0.739 bits per heavy atom. The highest BCUT2D eigenvalue weighted by atomic mass is 32.1. The number of hydrogen-bond donors (Lipinski definition) is 0. The average Bonchev–Trinajstić information content (AvgIpc) is 3.00. The molecule has 0 aliphatic heterocycles. The Hall–Kier alpha value is -2.78. The molecule has 0 saturated carbocycles. The van der Waals surface area contributed by atoms with Crippen molar-refractivity contribution in [2.45, 2.75) is 0 Å². The molecule has 5 aromatic rings. The second-order valence-electron chi connectivity index (χ2n) is 5.56. The van der Waals surface area contributed by atoms with Crippen molar-refractivity contribution in [2.75, 3.05) is 0 Å². The molecule has 0 atom stereocenters. The first-order chi connectivity index (χ1) is 11.4. The van der Waals surface area contributed by atoms with Crippen molar-refractivity contribution < 1.29 is 0 Å². The molecule has 0 radical (unpaired) electrons. The van der Waals surface area contributed by atoms with E-state index in [4.69, 9.17) is 0 Å². The van der Waals surface area contributed by atoms with Gasteiger partial charge in [-0.15, -0.1) is 11.3 Å². The van der Waals surface area contributed by atoms with Crippen LogP contribution in [0.1, 0.15) is 0 Å². The largest absolute Gasteiger partial charge is 0.235 e. The van der Waals surface area contributed by atoms with E-state index in [1.807, 2.05) is 0 Å². The van der Waals surface area contributed by atoms with Crippen LogP contribution in [0.15, 0.2) is 73.1 Å². The Bertz CT molecular complexity index is 1170. The van der Waals surface area contributed by atoms with Gasteiger partial charge in [-0.05, 0) is 22.9 Å². The molecule has 0 fully saturated rings. The molecule has 2 aromatic heterocycles. The van der Waals surface area contributed by atoms with Gasteiger partial charge in [-0.1, -0.05) is 54.6 Å². The zero-order valence-electron chi connectivity index (χ0n) is 12.2. The summed E-state index contributed by atoms with van der Waals surface area (Å²) < 4.78 is 2.41. The number of rotatable bonds is 1. The van der Waals surface area contributed by atoms with E-state index in [1.165, 1.54) is 20.9 Å². The van der Waals surface area contributed by atoms with E-state index in [0.29, 0.717) is 0 Å². The molecule has 0 aliphatic rings. The number of hydrogen-bond acceptors (Lipinski definition) is 3. The van der Waals surface area contributed by atoms with E-state index >= 15 is 0 Å². The third-order valence-corrected chi connectivity index (χ3v) is 5.35. The van der Waals surface area contributed by atoms with E-state index in [2.05, 4.69) is 76.7 Å². The minimum absolute atomic E-state index is 1.02. The summed E-state index contributed by atoms with van der Waals surface area (Å²) in [6.07, 6.45) is 1.67. The fourth-order valence-corrected chi connectivity index (χ4v) is 4.23. The summed E-state index contributed by atoms with van der Waals surface area (Å²) in [4.78, 5) is 9.10. The molecular formula is C20H12N2S. The standard InChI is InChI=1S/C20H12N2S/c1-2-6-14-11-15(10-9-13(14)5-1)18-20-19(22-12-21-18)16-7-3-4-8-17(16)23-20/h1-12H. The number of thiophene rings is 1. The number of nitrogens with zero attached hydrogens (tertiary/aromatic N) is 2. The van der Waals surface area contributed by atoms with Crippen LogP contribution in [-0.4, -0.2) is 9.97 Å². The molecule has 3 aromatic carbocycles. The molecule has 23 heavy (non-hydrogen) atoms. The first-order valence-electron chi connectivity index (χ1n) is 7.51. The van der Waals surface area contributed by atoms with Crippen LogP contribution in [0.2, 0.25) is 0 Å². The van der Waals surface area contributed by atoms with Crippen LogP contribution in [0, 0.1) is 0 Å². The molecule has 5 rings (SSSR count). The van der Waals surface area contributed by atoms with Crippen molar-refractivity contribution in [1.29, 1.82) is 0 Å². The van der Waals surface area contributed by atoms with E-state index in [9.17, 15) is 0 Å². The Kier molecular flexibility index (Phi) is 2.69. The lowest BCUT2D eigenvalue weighted by molar-refractivity contribution is 1.24. The quantitative estimate of drug-likeness (QED) is 0.399. The molecule has 2 heterocycles. The molecule has 0 saturated heterocycles. The molecule has 0 amide bonds. The topological polar surface area (TPSA) is 25.8 Å². The molecule has 108 valence electrons. The van der Waals surface area contributed by atoms with Crippen LogP contribution in [0.3, 0.4) is 0 Å². The van der Waals surface area contributed by atoms with Gasteiger partial charge >= 0.3 is 0 Å². The molecule has 0 spiro atoms. The van der Waals surface area contributed by atoms with Crippen molar-refractivity contribution in [2.24, 2.45) is 0 Å². The Morgan fingerprint density at radius 2 is 1.57 bits per heavy atom. The highest BCUT2D eigenvalue weighted by Gasteiger charge is 2.12. The molecule has 0 aliphatic carbocycles. The van der Waals surface area contributed by atoms with Crippen LogP contribution < -0.4 is 0 Å². The lowest BCUT2D eigenvalue weighted by Crippen LogP contribution is -1.86. The average molecular weight is 312 g/mol. The van der Waals surface area contributed by atoms with Gasteiger partial charge in [0.05, 0.1) is 15.9 Å². The van der Waals surface area contributed by atoms with Gasteiger partial charge in [0, 0.05) is 15.6 Å². The first kappa shape index (κ1) is 12.7. The van der Waals surface area contributed by atoms with Crippen LogP contribution >= 0.6 is 11.3 Å². The second-order valence-corrected chi connectivity index (χ2v) is 6.61. The van der Waals surface area contributed by atoms with Crippen LogP contribution in [0.25, 0.3) is 42.3 Å². The van der Waals surface area contributed by atoms with Gasteiger partial charge in [-0.2, -0.15) is 0 Å². The molecule has 0 unspecified atom stereocenters. The first-order valence-corrected chi connectivity index (χ1v) is 8.33. The summed E-state index contributed by atoms with van der Waals surface area (Å²) >= 11 is 1.76. The van der Waals surface area contributed by atoms with Crippen molar-refractivity contribution >= 4 is 42.4 Å². The Balaban J connectivity index is 1.84. The highest BCUT2D eigenvalue weighted by Crippen LogP contribution is 2.37. The van der Waals surface area contributed by atoms with E-state index < -0.39 is 0 Å². The van der Waals surface area contributed by atoms with Gasteiger partial charge in [0.25, 0.3) is 0 Å². The summed E-state index contributed by atoms with van der Waals surface area (Å²) in [7, 11) is 0. The van der Waals surface area contributed by atoms with Gasteiger partial charge in [0.2, 0.25) is 0 Å². The fraction of sp³-hybridized carbons (Fsp3) is 0. The van der Waals surface area contributed by atoms with Gasteiger partial charge in [-0.25, -0.2) is 9.97 Å². The minimum Gasteiger partial charge on any atom is -0.235 e. The smallest absolute Gasteiger partial charge is 0.116 e. The molecule has 2 nitrogen and oxygen atoms in total. The summed E-state index contributed by atoms with van der Waals surface area (Å²) in [5.41, 5.74) is 3.20. The maximum atomic E-state index is 4.58. The van der Waals surface area contributed by atoms with Gasteiger partial charge in [0.1, 0.15) is 6.33 Å². The summed E-state index contributed by atoms with van der Waals surface area (Å²) in [6.45, 7) is 0. The van der Waals surface area contributed by atoms with Crippen LogP contribution in [0.4, 0.5) is 0 Å². The third kappa shape index (κ3) is 1.94. The minimum atomic E-state index is 1.02. The number of aromatic nitrogens is 2. The van der Waals surface area contributed by atoms with Gasteiger partial charge in [0.15, 0.2) is 0 Å². The van der Waals surface area contributed by atoms with Gasteiger partial charge < -0.3 is 0 Å². The van der Waals surface area contributed by atoms with Crippen molar-refractivity contribution in [1.82, 2.24) is 9.97 Å². The van der Waals surface area contributed by atoms with Crippen molar-refractivity contribution in [3.63, 3.8) is 0 Å². The molecule has 3 heteroatoms. The van der Waals surface area contributed by atoms with Crippen molar-refractivity contribution in [3.8, 4) is 11.3 Å². The lowest BCUT2D eigenvalue weighted by Gasteiger charge is -2.04. The summed E-state index contributed by atoms with van der Waals surface area (Å²) in [6, 6.07) is 23.3. The Morgan fingerprint density at radius 3 is 2.52 bits per heavy atom. The zero-order valence-corrected chi connectivity index (χ0v) is 13.0. The molecule has 0 bridgehead atoms. The Labute approximate surface area is 137 Å². The van der Waals surface area contributed by atoms with Gasteiger partial charge in [-0.3, -0.25) is 0 Å². The maximum absolute atomic E-state index is 4.58. The monoisotopic (exact) mass is 312 g/mol. The fourth-order valence-electron chi connectivity index (χ4n) is 3.07. The normalized spacial score (nSPS) is 11.5. The predicted molar refractivity (Wildman–Crippen MR) is 97.9 cm³/mol. The summed E-state index contributed by atoms with van der Waals surface area (Å²) in [5, 5.41) is 3.69. The maximum Gasteiger partial charge on any atom is 0.116 e. The van der Waals surface area contributed by atoms with Crippen LogP contribution in [0.5, 0.6) is 0 Å². The summed E-state index contributed by atoms with van der Waals surface area (Å²) in [5.74, 6) is 0. The lowest BCUT2D eigenvalue weighted by atomic mass is 10.0. The second kappa shape index (κ2) is 4.86. The zero-order chi connectivity index (χ0) is 15.2. The molecule has 0 N–H and O–H groups in total. The van der Waals surface area contributed by atoms with E-state index in [0.717, 1.165) is 21.5 Å². The van der Waals surface area contributed by atoms with E-state index in [-0.39, 0.29) is 0 Å². The molecular weight excluding hydrogens is 300 g/mol.